The van der Waals surface area contributed by atoms with Crippen molar-refractivity contribution in [3.8, 4) is 11.4 Å². The smallest absolute Gasteiger partial charge is 0.125 e. The molecule has 0 unspecified atom stereocenters. The molecule has 0 aliphatic carbocycles. The van der Waals surface area contributed by atoms with E-state index in [1.54, 1.807) is 13.2 Å². The van der Waals surface area contributed by atoms with Crippen molar-refractivity contribution in [1.82, 2.24) is 9.55 Å². The Hall–Kier alpha value is -2.07. The minimum atomic E-state index is -0.288. The Kier molecular flexibility index (Phi) is 3.80. The number of benzene rings is 2. The molecule has 0 saturated carbocycles. The number of alkyl halides is 1. The second kappa shape index (κ2) is 5.74. The van der Waals surface area contributed by atoms with Crippen LogP contribution in [0, 0.1) is 5.82 Å². The highest BCUT2D eigenvalue weighted by Crippen LogP contribution is 2.25. The van der Waals surface area contributed by atoms with Gasteiger partial charge >= 0.3 is 0 Å². The van der Waals surface area contributed by atoms with Gasteiger partial charge in [0, 0.05) is 24.4 Å². The molecule has 0 radical (unpaired) electrons. The molecule has 108 valence electrons. The van der Waals surface area contributed by atoms with Gasteiger partial charge in [-0.1, -0.05) is 6.07 Å². The van der Waals surface area contributed by atoms with E-state index >= 15 is 0 Å². The largest absolute Gasteiger partial charge is 0.497 e. The average molecular weight is 305 g/mol. The monoisotopic (exact) mass is 304 g/mol. The van der Waals surface area contributed by atoms with Gasteiger partial charge in [0.05, 0.1) is 23.8 Å². The molecular weight excluding hydrogens is 291 g/mol. The number of ether oxygens (including phenoxy) is 1. The number of fused-ring (bicyclic) bond motifs is 1. The van der Waals surface area contributed by atoms with E-state index in [1.807, 2.05) is 28.8 Å². The lowest BCUT2D eigenvalue weighted by atomic mass is 10.2. The van der Waals surface area contributed by atoms with Gasteiger partial charge in [-0.25, -0.2) is 9.37 Å². The molecule has 0 N–H and O–H groups in total. The first-order chi connectivity index (χ1) is 10.2. The van der Waals surface area contributed by atoms with Crippen LogP contribution in [0.1, 0.15) is 5.82 Å². The number of methoxy groups -OCH3 is 1. The number of halogens is 2. The van der Waals surface area contributed by atoms with Crippen molar-refractivity contribution in [3.63, 3.8) is 0 Å². The van der Waals surface area contributed by atoms with E-state index < -0.39 is 0 Å². The summed E-state index contributed by atoms with van der Waals surface area (Å²) < 4.78 is 20.8. The Labute approximate surface area is 126 Å². The van der Waals surface area contributed by atoms with Gasteiger partial charge in [0.15, 0.2) is 0 Å². The second-order valence-electron chi connectivity index (χ2n) is 4.64. The van der Waals surface area contributed by atoms with Crippen LogP contribution in [0.5, 0.6) is 5.75 Å². The van der Waals surface area contributed by atoms with Crippen LogP contribution < -0.4 is 4.74 Å². The Morgan fingerprint density at radius 3 is 2.86 bits per heavy atom. The fraction of sp³-hybridized carbons (Fsp3) is 0.188. The van der Waals surface area contributed by atoms with Crippen LogP contribution in [0.4, 0.5) is 4.39 Å². The maximum Gasteiger partial charge on any atom is 0.125 e. The predicted octanol–water partition coefficient (Wildman–Crippen LogP) is 3.95. The van der Waals surface area contributed by atoms with Gasteiger partial charge in [-0.15, -0.1) is 11.6 Å². The zero-order chi connectivity index (χ0) is 14.8. The maximum atomic E-state index is 13.6. The lowest BCUT2D eigenvalue weighted by Gasteiger charge is -2.10. The zero-order valence-corrected chi connectivity index (χ0v) is 12.3. The molecule has 0 atom stereocenters. The second-order valence-corrected chi connectivity index (χ2v) is 5.01. The lowest BCUT2D eigenvalue weighted by molar-refractivity contribution is 0.414. The number of nitrogens with zero attached hydrogens (tertiary/aromatic N) is 2. The number of hydrogen-bond donors (Lipinski definition) is 0. The lowest BCUT2D eigenvalue weighted by Crippen LogP contribution is -2.02. The highest BCUT2D eigenvalue weighted by atomic mass is 35.5. The van der Waals surface area contributed by atoms with Crippen molar-refractivity contribution in [3.05, 3.63) is 54.1 Å². The Morgan fingerprint density at radius 2 is 2.10 bits per heavy atom. The summed E-state index contributed by atoms with van der Waals surface area (Å²) in [7, 11) is 1.62. The van der Waals surface area contributed by atoms with Crippen molar-refractivity contribution >= 4 is 22.6 Å². The molecule has 1 heterocycles. The molecule has 0 bridgehead atoms. The third-order valence-electron chi connectivity index (χ3n) is 3.32. The third kappa shape index (κ3) is 2.59. The molecule has 3 aromatic rings. The molecule has 3 nitrogen and oxygen atoms in total. The zero-order valence-electron chi connectivity index (χ0n) is 11.5. The first-order valence-electron chi connectivity index (χ1n) is 6.60. The first kappa shape index (κ1) is 13.9. The van der Waals surface area contributed by atoms with Crippen LogP contribution >= 0.6 is 11.6 Å². The van der Waals surface area contributed by atoms with Gasteiger partial charge in [-0.3, -0.25) is 4.57 Å². The van der Waals surface area contributed by atoms with Gasteiger partial charge in [0.2, 0.25) is 0 Å². The fourth-order valence-corrected chi connectivity index (χ4v) is 2.56. The quantitative estimate of drug-likeness (QED) is 0.682. The molecule has 0 amide bonds. The maximum absolute atomic E-state index is 13.6. The minimum Gasteiger partial charge on any atom is -0.497 e. The van der Waals surface area contributed by atoms with Gasteiger partial charge in [0.25, 0.3) is 0 Å². The van der Waals surface area contributed by atoms with E-state index in [0.717, 1.165) is 28.3 Å². The first-order valence-corrected chi connectivity index (χ1v) is 7.13. The third-order valence-corrected chi connectivity index (χ3v) is 3.50. The summed E-state index contributed by atoms with van der Waals surface area (Å²) in [4.78, 5) is 4.55. The van der Waals surface area contributed by atoms with Crippen molar-refractivity contribution in [2.24, 2.45) is 0 Å². The van der Waals surface area contributed by atoms with Gasteiger partial charge < -0.3 is 4.74 Å². The molecule has 1 aromatic heterocycles. The number of rotatable bonds is 4. The molecular formula is C16H14ClFN2O. The summed E-state index contributed by atoms with van der Waals surface area (Å²) in [6, 6.07) is 12.2. The number of imidazole rings is 1. The van der Waals surface area contributed by atoms with E-state index in [0.29, 0.717) is 12.3 Å². The normalized spacial score (nSPS) is 11.0. The minimum absolute atomic E-state index is 0.288. The summed E-state index contributed by atoms with van der Waals surface area (Å²) in [5.74, 6) is 1.71. The molecule has 5 heteroatoms. The van der Waals surface area contributed by atoms with Crippen LogP contribution in [0.2, 0.25) is 0 Å². The van der Waals surface area contributed by atoms with Crippen molar-refractivity contribution in [2.75, 3.05) is 13.0 Å². The highest BCUT2D eigenvalue weighted by molar-refractivity contribution is 6.17. The van der Waals surface area contributed by atoms with Crippen molar-refractivity contribution in [2.45, 2.75) is 6.42 Å². The average Bonchev–Trinajstić information content (AvgIpc) is 2.85. The van der Waals surface area contributed by atoms with E-state index in [-0.39, 0.29) is 5.82 Å². The molecule has 21 heavy (non-hydrogen) atoms. The van der Waals surface area contributed by atoms with E-state index in [1.165, 1.54) is 12.1 Å². The SMILES string of the molecule is COc1cccc(-n2c(CCCl)nc3ccc(F)cc32)c1. The van der Waals surface area contributed by atoms with E-state index in [9.17, 15) is 4.39 Å². The van der Waals surface area contributed by atoms with Crippen LogP contribution in [0.15, 0.2) is 42.5 Å². The summed E-state index contributed by atoms with van der Waals surface area (Å²) in [5, 5.41) is 0. The van der Waals surface area contributed by atoms with Crippen molar-refractivity contribution < 1.29 is 9.13 Å². The standard InChI is InChI=1S/C16H14ClFN2O/c1-21-13-4-2-3-12(10-13)20-15-9-11(18)5-6-14(15)19-16(20)7-8-17/h2-6,9-10H,7-8H2,1H3. The summed E-state index contributed by atoms with van der Waals surface area (Å²) >= 11 is 5.86. The van der Waals surface area contributed by atoms with Crippen LogP contribution in [0.3, 0.4) is 0 Å². The van der Waals surface area contributed by atoms with E-state index in [2.05, 4.69) is 4.98 Å². The van der Waals surface area contributed by atoms with Gasteiger partial charge in [-0.2, -0.15) is 0 Å². The Morgan fingerprint density at radius 1 is 1.24 bits per heavy atom. The molecule has 0 fully saturated rings. The van der Waals surface area contributed by atoms with Gasteiger partial charge in [-0.05, 0) is 24.3 Å². The highest BCUT2D eigenvalue weighted by Gasteiger charge is 2.13. The number of aryl methyl sites for hydroxylation is 1. The number of aromatic nitrogens is 2. The molecule has 0 spiro atoms. The predicted molar refractivity (Wildman–Crippen MR) is 82.0 cm³/mol. The van der Waals surface area contributed by atoms with Crippen LogP contribution in [-0.4, -0.2) is 22.5 Å². The topological polar surface area (TPSA) is 27.1 Å². The van der Waals surface area contributed by atoms with Crippen molar-refractivity contribution in [1.29, 1.82) is 0 Å². The molecule has 0 saturated heterocycles. The molecule has 0 aliphatic rings. The van der Waals surface area contributed by atoms with Gasteiger partial charge in [0.1, 0.15) is 17.4 Å². The summed E-state index contributed by atoms with van der Waals surface area (Å²) in [6.07, 6.45) is 0.606. The van der Waals surface area contributed by atoms with Crippen LogP contribution in [0.25, 0.3) is 16.7 Å². The number of hydrogen-bond acceptors (Lipinski definition) is 2. The van der Waals surface area contributed by atoms with E-state index in [4.69, 9.17) is 16.3 Å². The summed E-state index contributed by atoms with van der Waals surface area (Å²) in [6.45, 7) is 0. The summed E-state index contributed by atoms with van der Waals surface area (Å²) in [5.41, 5.74) is 2.35. The molecule has 3 rings (SSSR count). The Balaban J connectivity index is 2.26. The molecule has 2 aromatic carbocycles. The van der Waals surface area contributed by atoms with Crippen LogP contribution in [-0.2, 0) is 6.42 Å². The Bertz CT molecular complexity index is 785. The fourth-order valence-electron chi connectivity index (χ4n) is 2.39. The molecule has 0 aliphatic heterocycles.